The van der Waals surface area contributed by atoms with Gasteiger partial charge < -0.3 is 14.6 Å². The Morgan fingerprint density at radius 3 is 2.96 bits per heavy atom. The van der Waals surface area contributed by atoms with Crippen LogP contribution in [-0.2, 0) is 38.5 Å². The minimum absolute atomic E-state index is 0.505. The van der Waals surface area contributed by atoms with Crippen LogP contribution in [-0.4, -0.2) is 26.4 Å². The molecule has 5 nitrogen and oxygen atoms in total. The lowest BCUT2D eigenvalue weighted by molar-refractivity contribution is 0.0362. The smallest absolute Gasteiger partial charge is 0.227 e. The molecule has 6 heteroatoms. The summed E-state index contributed by atoms with van der Waals surface area (Å²) in [4.78, 5) is 3.82. The Bertz CT molecular complexity index is 978. The van der Waals surface area contributed by atoms with Crippen LogP contribution in [0.5, 0.6) is 0 Å². The largest absolute Gasteiger partial charge is 0.385 e. The second kappa shape index (κ2) is 6.46. The van der Waals surface area contributed by atoms with Crippen LogP contribution in [0.4, 0.5) is 5.95 Å². The summed E-state index contributed by atoms with van der Waals surface area (Å²) in [6.07, 6.45) is 4.45. The summed E-state index contributed by atoms with van der Waals surface area (Å²) in [5.41, 5.74) is 2.87. The number of rotatable bonds is 3. The first-order valence-electron chi connectivity index (χ1n) is 9.63. The van der Waals surface area contributed by atoms with Gasteiger partial charge in [0.15, 0.2) is 0 Å². The van der Waals surface area contributed by atoms with Gasteiger partial charge in [0, 0.05) is 31.4 Å². The van der Waals surface area contributed by atoms with Crippen molar-refractivity contribution in [3.8, 4) is 0 Å². The molecule has 1 aliphatic carbocycles. The maximum absolute atomic E-state index is 11.3. The van der Waals surface area contributed by atoms with Gasteiger partial charge in [0.2, 0.25) is 5.95 Å². The van der Waals surface area contributed by atoms with Gasteiger partial charge in [-0.25, -0.2) is 0 Å². The summed E-state index contributed by atoms with van der Waals surface area (Å²) >= 11 is 1.86. The van der Waals surface area contributed by atoms with E-state index in [1.54, 1.807) is 0 Å². The van der Waals surface area contributed by atoms with E-state index in [0.29, 0.717) is 6.42 Å². The molecule has 27 heavy (non-hydrogen) atoms. The first-order valence-corrected chi connectivity index (χ1v) is 10.5. The predicted molar refractivity (Wildman–Crippen MR) is 107 cm³/mol. The molecule has 1 aliphatic heterocycles. The molecule has 1 aromatic carbocycles. The molecular weight excluding hydrogens is 356 g/mol. The number of hydrogen-bond donors (Lipinski definition) is 1. The van der Waals surface area contributed by atoms with Crippen molar-refractivity contribution in [1.29, 1.82) is 0 Å². The minimum Gasteiger partial charge on any atom is -0.385 e. The summed E-state index contributed by atoms with van der Waals surface area (Å²) in [6, 6.07) is 10.4. The molecule has 2 aromatic heterocycles. The van der Waals surface area contributed by atoms with E-state index in [1.807, 2.05) is 36.6 Å². The number of aliphatic hydroxyl groups is 1. The zero-order chi connectivity index (χ0) is 18.4. The van der Waals surface area contributed by atoms with Crippen molar-refractivity contribution in [2.75, 3.05) is 11.4 Å². The highest BCUT2D eigenvalue weighted by Crippen LogP contribution is 2.39. The Balaban J connectivity index is 1.41. The van der Waals surface area contributed by atoms with Crippen LogP contribution in [0.3, 0.4) is 0 Å². The second-order valence-electron chi connectivity index (χ2n) is 7.73. The number of aryl methyl sites for hydroxylation is 2. The van der Waals surface area contributed by atoms with Gasteiger partial charge in [-0.15, -0.1) is 21.5 Å². The second-order valence-corrected chi connectivity index (χ2v) is 8.74. The van der Waals surface area contributed by atoms with Crippen LogP contribution in [0.1, 0.15) is 40.2 Å². The standard InChI is InChI=1S/C21H24N4OS/c1-24-19(13-21(26)10-8-15-5-2-3-6-17(15)21)22-23-20(24)25-11-4-7-18-16(14-25)9-12-27-18/h2-3,5-6,9,12,26H,4,7-8,10-11,13-14H2,1H3. The van der Waals surface area contributed by atoms with Crippen LogP contribution < -0.4 is 4.90 Å². The van der Waals surface area contributed by atoms with Crippen molar-refractivity contribution in [3.63, 3.8) is 0 Å². The molecule has 3 heterocycles. The topological polar surface area (TPSA) is 54.2 Å². The molecule has 0 saturated heterocycles. The van der Waals surface area contributed by atoms with Crippen molar-refractivity contribution in [1.82, 2.24) is 14.8 Å². The van der Waals surface area contributed by atoms with Crippen molar-refractivity contribution >= 4 is 17.3 Å². The van der Waals surface area contributed by atoms with Crippen molar-refractivity contribution in [2.24, 2.45) is 7.05 Å². The molecular formula is C21H24N4OS. The molecule has 1 unspecified atom stereocenters. The lowest BCUT2D eigenvalue weighted by Crippen LogP contribution is -2.28. The third kappa shape index (κ3) is 2.87. The number of anilines is 1. The van der Waals surface area contributed by atoms with Crippen LogP contribution >= 0.6 is 11.3 Å². The van der Waals surface area contributed by atoms with Crippen LogP contribution in [0.25, 0.3) is 0 Å². The average molecular weight is 381 g/mol. The van der Waals surface area contributed by atoms with Gasteiger partial charge in [0.1, 0.15) is 5.82 Å². The fraction of sp³-hybridized carbons (Fsp3) is 0.429. The van der Waals surface area contributed by atoms with E-state index in [1.165, 1.54) is 16.0 Å². The summed E-state index contributed by atoms with van der Waals surface area (Å²) in [6.45, 7) is 1.87. The average Bonchev–Trinajstić information content (AvgIpc) is 3.31. The van der Waals surface area contributed by atoms with E-state index in [-0.39, 0.29) is 0 Å². The Morgan fingerprint density at radius 1 is 1.15 bits per heavy atom. The van der Waals surface area contributed by atoms with E-state index in [9.17, 15) is 5.11 Å². The van der Waals surface area contributed by atoms with Crippen LogP contribution in [0.15, 0.2) is 35.7 Å². The van der Waals surface area contributed by atoms with E-state index in [0.717, 1.165) is 56.1 Å². The molecule has 0 saturated carbocycles. The first-order chi connectivity index (χ1) is 13.1. The fourth-order valence-electron chi connectivity index (χ4n) is 4.51. The zero-order valence-electron chi connectivity index (χ0n) is 15.6. The molecule has 0 spiro atoms. The molecule has 3 aromatic rings. The van der Waals surface area contributed by atoms with Gasteiger partial charge in [0.25, 0.3) is 0 Å². The number of hydrogen-bond acceptors (Lipinski definition) is 5. The number of nitrogens with zero attached hydrogens (tertiary/aromatic N) is 4. The molecule has 0 radical (unpaired) electrons. The summed E-state index contributed by atoms with van der Waals surface area (Å²) in [5.74, 6) is 1.75. The van der Waals surface area contributed by atoms with Crippen LogP contribution in [0, 0.1) is 0 Å². The Kier molecular flexibility index (Phi) is 4.06. The van der Waals surface area contributed by atoms with Crippen molar-refractivity contribution in [2.45, 2.75) is 44.2 Å². The number of fused-ring (bicyclic) bond motifs is 2. The molecule has 0 bridgehead atoms. The van der Waals surface area contributed by atoms with Crippen molar-refractivity contribution < 1.29 is 5.11 Å². The van der Waals surface area contributed by atoms with E-state index in [4.69, 9.17) is 0 Å². The third-order valence-corrected chi connectivity index (χ3v) is 7.06. The zero-order valence-corrected chi connectivity index (χ0v) is 16.4. The first kappa shape index (κ1) is 17.0. The highest BCUT2D eigenvalue weighted by molar-refractivity contribution is 7.10. The Hall–Kier alpha value is -2.18. The minimum atomic E-state index is -0.839. The normalized spacial score (nSPS) is 21.8. The Labute approximate surface area is 163 Å². The molecule has 140 valence electrons. The third-order valence-electron chi connectivity index (χ3n) is 6.03. The molecule has 1 atom stereocenters. The number of aromatic nitrogens is 3. The molecule has 0 amide bonds. The maximum atomic E-state index is 11.3. The molecule has 0 fully saturated rings. The summed E-state index contributed by atoms with van der Waals surface area (Å²) in [7, 11) is 2.02. The lowest BCUT2D eigenvalue weighted by Gasteiger charge is -2.24. The lowest BCUT2D eigenvalue weighted by atomic mass is 9.92. The van der Waals surface area contributed by atoms with Crippen LogP contribution in [0.2, 0.25) is 0 Å². The van der Waals surface area contributed by atoms with Crippen molar-refractivity contribution in [3.05, 3.63) is 63.1 Å². The quantitative estimate of drug-likeness (QED) is 0.758. The summed E-state index contributed by atoms with van der Waals surface area (Å²) in [5, 5.41) is 22.4. The highest BCUT2D eigenvalue weighted by atomic mass is 32.1. The van der Waals surface area contributed by atoms with Gasteiger partial charge in [-0.05, 0) is 53.8 Å². The Morgan fingerprint density at radius 2 is 2.04 bits per heavy atom. The molecule has 5 rings (SSSR count). The monoisotopic (exact) mass is 380 g/mol. The van der Waals surface area contributed by atoms with E-state index >= 15 is 0 Å². The fourth-order valence-corrected chi connectivity index (χ4v) is 5.45. The maximum Gasteiger partial charge on any atom is 0.227 e. The van der Waals surface area contributed by atoms with Gasteiger partial charge in [-0.2, -0.15) is 0 Å². The van der Waals surface area contributed by atoms with Gasteiger partial charge in [-0.3, -0.25) is 0 Å². The van der Waals surface area contributed by atoms with E-state index < -0.39 is 5.60 Å². The van der Waals surface area contributed by atoms with E-state index in [2.05, 4.69) is 37.2 Å². The van der Waals surface area contributed by atoms with Gasteiger partial charge in [0.05, 0.1) is 5.60 Å². The highest BCUT2D eigenvalue weighted by Gasteiger charge is 2.38. The summed E-state index contributed by atoms with van der Waals surface area (Å²) < 4.78 is 2.07. The van der Waals surface area contributed by atoms with Gasteiger partial charge in [-0.1, -0.05) is 24.3 Å². The molecule has 1 N–H and O–H groups in total. The van der Waals surface area contributed by atoms with Gasteiger partial charge >= 0.3 is 0 Å². The predicted octanol–water partition coefficient (Wildman–Crippen LogP) is 3.21. The SMILES string of the molecule is Cn1c(CC2(O)CCc3ccccc32)nnc1N1CCCc2sccc2C1. The number of benzene rings is 1. The number of thiophene rings is 1. The molecule has 2 aliphatic rings.